The summed E-state index contributed by atoms with van der Waals surface area (Å²) >= 11 is 0. The highest BCUT2D eigenvalue weighted by molar-refractivity contribution is 5.87. The molecule has 1 aliphatic rings. The Morgan fingerprint density at radius 3 is 3.10 bits per heavy atom. The zero-order chi connectivity index (χ0) is 14.5. The van der Waals surface area contributed by atoms with Gasteiger partial charge in [-0.15, -0.1) is 0 Å². The van der Waals surface area contributed by atoms with Crippen LogP contribution in [0, 0.1) is 11.3 Å². The fourth-order valence-electron chi connectivity index (χ4n) is 2.22. The number of hydrogen-bond donors (Lipinski definition) is 0. The van der Waals surface area contributed by atoms with E-state index in [0.29, 0.717) is 13.2 Å². The molecule has 0 aromatic carbocycles. The van der Waals surface area contributed by atoms with Gasteiger partial charge in [-0.3, -0.25) is 0 Å². The summed E-state index contributed by atoms with van der Waals surface area (Å²) < 4.78 is 10.2. The van der Waals surface area contributed by atoms with Crippen LogP contribution in [0.2, 0.25) is 0 Å². The van der Waals surface area contributed by atoms with Crippen molar-refractivity contribution in [2.75, 3.05) is 31.7 Å². The van der Waals surface area contributed by atoms with Gasteiger partial charge in [-0.25, -0.2) is 9.78 Å². The summed E-state index contributed by atoms with van der Waals surface area (Å²) in [6.45, 7) is 4.22. The quantitative estimate of drug-likeness (QED) is 0.758. The predicted molar refractivity (Wildman–Crippen MR) is 72.5 cm³/mol. The highest BCUT2D eigenvalue weighted by atomic mass is 16.5. The molecular formula is C14H17N3O3. The van der Waals surface area contributed by atoms with Crippen LogP contribution in [0.5, 0.6) is 0 Å². The zero-order valence-electron chi connectivity index (χ0n) is 11.6. The fraction of sp³-hybridized carbons (Fsp3) is 0.500. The first-order valence-electron chi connectivity index (χ1n) is 6.51. The maximum absolute atomic E-state index is 11.4. The largest absolute Gasteiger partial charge is 0.464 e. The maximum atomic E-state index is 11.4. The normalized spacial score (nSPS) is 19.1. The highest BCUT2D eigenvalue weighted by Crippen LogP contribution is 2.21. The van der Waals surface area contributed by atoms with Gasteiger partial charge in [0, 0.05) is 19.7 Å². The summed E-state index contributed by atoms with van der Waals surface area (Å²) in [7, 11) is 1.29. The number of pyridine rings is 1. The van der Waals surface area contributed by atoms with Gasteiger partial charge in [-0.2, -0.15) is 5.26 Å². The summed E-state index contributed by atoms with van der Waals surface area (Å²) in [6.07, 6.45) is 0.998. The zero-order valence-corrected chi connectivity index (χ0v) is 11.6. The smallest absolute Gasteiger partial charge is 0.356 e. The minimum absolute atomic E-state index is 0.101. The third-order valence-electron chi connectivity index (χ3n) is 3.17. The number of carbonyl (C=O) groups excluding carboxylic acids is 1. The van der Waals surface area contributed by atoms with E-state index in [4.69, 9.17) is 4.74 Å². The number of carbonyl (C=O) groups is 1. The lowest BCUT2D eigenvalue weighted by atomic mass is 10.2. The van der Waals surface area contributed by atoms with Crippen molar-refractivity contribution in [3.8, 4) is 6.07 Å². The molecule has 0 amide bonds. The molecule has 1 saturated heterocycles. The topological polar surface area (TPSA) is 75.4 Å². The number of aromatic nitrogens is 1. The molecule has 1 aromatic heterocycles. The molecule has 6 nitrogen and oxygen atoms in total. The first-order valence-corrected chi connectivity index (χ1v) is 6.51. The number of methoxy groups -OCH3 is 1. The Bertz CT molecular complexity index is 539. The molecule has 0 N–H and O–H groups in total. The van der Waals surface area contributed by atoms with Crippen molar-refractivity contribution >= 4 is 11.7 Å². The molecule has 106 valence electrons. The van der Waals surface area contributed by atoms with Gasteiger partial charge in [0.05, 0.1) is 18.9 Å². The van der Waals surface area contributed by atoms with Crippen LogP contribution in [0.1, 0.15) is 29.5 Å². The second-order valence-corrected chi connectivity index (χ2v) is 4.65. The molecule has 0 radical (unpaired) electrons. The predicted octanol–water partition coefficient (Wildman–Crippen LogP) is 1.36. The Morgan fingerprint density at radius 2 is 2.40 bits per heavy atom. The molecule has 2 rings (SSSR count). The molecule has 1 aliphatic heterocycles. The van der Waals surface area contributed by atoms with E-state index in [1.54, 1.807) is 12.1 Å². The lowest BCUT2D eigenvalue weighted by Crippen LogP contribution is -2.31. The van der Waals surface area contributed by atoms with Gasteiger partial charge in [0.15, 0.2) is 5.69 Å². The lowest BCUT2D eigenvalue weighted by Gasteiger charge is -2.24. The van der Waals surface area contributed by atoms with Crippen LogP contribution >= 0.6 is 0 Å². The van der Waals surface area contributed by atoms with E-state index in [1.807, 2.05) is 13.0 Å². The van der Waals surface area contributed by atoms with Gasteiger partial charge in [-0.05, 0) is 25.5 Å². The van der Waals surface area contributed by atoms with Crippen molar-refractivity contribution in [1.82, 2.24) is 4.98 Å². The molecule has 0 unspecified atom stereocenters. The molecule has 1 fully saturated rings. The molecule has 1 aromatic rings. The van der Waals surface area contributed by atoms with Crippen LogP contribution in [0.4, 0.5) is 5.69 Å². The summed E-state index contributed by atoms with van der Waals surface area (Å²) in [6, 6.07) is 5.37. The van der Waals surface area contributed by atoms with Crippen molar-refractivity contribution < 1.29 is 14.3 Å². The van der Waals surface area contributed by atoms with Gasteiger partial charge < -0.3 is 14.4 Å². The average molecular weight is 275 g/mol. The number of ether oxygens (including phenoxy) is 2. The Balaban J connectivity index is 2.31. The van der Waals surface area contributed by atoms with E-state index in [1.165, 1.54) is 7.11 Å². The molecule has 0 saturated carbocycles. The Kier molecular flexibility index (Phi) is 4.53. The maximum Gasteiger partial charge on any atom is 0.356 e. The van der Waals surface area contributed by atoms with Crippen LogP contribution in [-0.2, 0) is 9.47 Å². The molecule has 1 atom stereocenters. The first kappa shape index (κ1) is 14.3. The standard InChI is InChI=1S/C14H17N3O3/c1-10-9-17(6-3-7-20-10)13-5-4-11(14(18)19-2)16-12(13)8-15/h4-5,10H,3,6-7,9H2,1-2H3/t10-/m1/s1. The van der Waals surface area contributed by atoms with Crippen LogP contribution in [0.15, 0.2) is 12.1 Å². The second kappa shape index (κ2) is 6.35. The van der Waals surface area contributed by atoms with Crippen molar-refractivity contribution in [3.05, 3.63) is 23.5 Å². The van der Waals surface area contributed by atoms with Gasteiger partial charge in [0.25, 0.3) is 0 Å². The molecule has 0 aliphatic carbocycles. The Hall–Kier alpha value is -2.13. The Morgan fingerprint density at radius 1 is 1.60 bits per heavy atom. The highest BCUT2D eigenvalue weighted by Gasteiger charge is 2.20. The van der Waals surface area contributed by atoms with Crippen LogP contribution < -0.4 is 4.90 Å². The van der Waals surface area contributed by atoms with E-state index >= 15 is 0 Å². The SMILES string of the molecule is COC(=O)c1ccc(N2CCCO[C@H](C)C2)c(C#N)n1. The average Bonchev–Trinajstić information content (AvgIpc) is 2.70. The number of hydrogen-bond acceptors (Lipinski definition) is 6. The van der Waals surface area contributed by atoms with Crippen LogP contribution in [0.3, 0.4) is 0 Å². The fourth-order valence-corrected chi connectivity index (χ4v) is 2.22. The van der Waals surface area contributed by atoms with Crippen molar-refractivity contribution in [2.24, 2.45) is 0 Å². The van der Waals surface area contributed by atoms with Crippen molar-refractivity contribution in [1.29, 1.82) is 5.26 Å². The summed E-state index contributed by atoms with van der Waals surface area (Å²) in [4.78, 5) is 17.6. The number of esters is 1. The van der Waals surface area contributed by atoms with Crippen molar-refractivity contribution in [2.45, 2.75) is 19.4 Å². The van der Waals surface area contributed by atoms with Gasteiger partial charge >= 0.3 is 5.97 Å². The van der Waals surface area contributed by atoms with Crippen LogP contribution in [-0.4, -0.2) is 43.9 Å². The molecular weight excluding hydrogens is 258 g/mol. The summed E-state index contributed by atoms with van der Waals surface area (Å²) in [5, 5.41) is 9.24. The third kappa shape index (κ3) is 3.06. The first-order chi connectivity index (χ1) is 9.65. The van der Waals surface area contributed by atoms with E-state index in [-0.39, 0.29) is 17.5 Å². The lowest BCUT2D eigenvalue weighted by molar-refractivity contribution is 0.0594. The molecule has 2 heterocycles. The summed E-state index contributed by atoms with van der Waals surface area (Å²) in [5.41, 5.74) is 1.12. The van der Waals surface area contributed by atoms with E-state index in [0.717, 1.165) is 18.7 Å². The van der Waals surface area contributed by atoms with Crippen LogP contribution in [0.25, 0.3) is 0 Å². The molecule has 0 spiro atoms. The molecule has 20 heavy (non-hydrogen) atoms. The molecule has 0 bridgehead atoms. The van der Waals surface area contributed by atoms with E-state index < -0.39 is 5.97 Å². The number of anilines is 1. The van der Waals surface area contributed by atoms with E-state index in [2.05, 4.69) is 14.6 Å². The van der Waals surface area contributed by atoms with Gasteiger partial charge in [0.2, 0.25) is 0 Å². The van der Waals surface area contributed by atoms with Gasteiger partial charge in [-0.1, -0.05) is 0 Å². The second-order valence-electron chi connectivity index (χ2n) is 4.65. The number of nitriles is 1. The van der Waals surface area contributed by atoms with Gasteiger partial charge in [0.1, 0.15) is 11.8 Å². The minimum atomic E-state index is -0.541. The summed E-state index contributed by atoms with van der Waals surface area (Å²) in [5.74, 6) is -0.541. The van der Waals surface area contributed by atoms with Crippen molar-refractivity contribution in [3.63, 3.8) is 0 Å². The number of nitrogens with zero attached hydrogens (tertiary/aromatic N) is 3. The Labute approximate surface area is 117 Å². The van der Waals surface area contributed by atoms with E-state index in [9.17, 15) is 10.1 Å². The molecule has 6 heteroatoms. The monoisotopic (exact) mass is 275 g/mol. The third-order valence-corrected chi connectivity index (χ3v) is 3.17. The minimum Gasteiger partial charge on any atom is -0.464 e. The number of rotatable bonds is 2.